The summed E-state index contributed by atoms with van der Waals surface area (Å²) in [5.41, 5.74) is -4.63. The lowest BCUT2D eigenvalue weighted by molar-refractivity contribution is -0.0327. The minimum absolute atomic E-state index is 0.143. The SMILES string of the molecule is O=S(=O)(CCl)Nc1ccccc1SC(F)(F)F. The quantitative estimate of drug-likeness (QED) is 0.686. The van der Waals surface area contributed by atoms with E-state index in [4.69, 9.17) is 11.6 Å². The largest absolute Gasteiger partial charge is 0.446 e. The standard InChI is InChI=1S/C8H7ClF3NO2S2/c9-5-17(14,15)13-6-3-1-2-4-7(6)16-8(10,11)12/h1-4,13H,5H2. The van der Waals surface area contributed by atoms with E-state index in [1.807, 2.05) is 4.72 Å². The number of benzene rings is 1. The molecule has 9 heteroatoms. The van der Waals surface area contributed by atoms with Gasteiger partial charge in [-0.05, 0) is 23.9 Å². The van der Waals surface area contributed by atoms with Crippen LogP contribution in [0.4, 0.5) is 18.9 Å². The molecule has 0 aromatic heterocycles. The van der Waals surface area contributed by atoms with Crippen LogP contribution in [0.3, 0.4) is 0 Å². The first-order valence-electron chi connectivity index (χ1n) is 4.15. The third-order valence-corrected chi connectivity index (χ3v) is 4.01. The number of anilines is 1. The Labute approximate surface area is 105 Å². The van der Waals surface area contributed by atoms with E-state index in [9.17, 15) is 21.6 Å². The predicted molar refractivity (Wildman–Crippen MR) is 61.6 cm³/mol. The van der Waals surface area contributed by atoms with E-state index in [2.05, 4.69) is 0 Å². The smallest absolute Gasteiger partial charge is 0.281 e. The molecule has 0 amide bonds. The van der Waals surface area contributed by atoms with Crippen LogP contribution >= 0.6 is 23.4 Å². The second-order valence-corrected chi connectivity index (χ2v) is 6.28. The Balaban J connectivity index is 3.01. The van der Waals surface area contributed by atoms with E-state index < -0.39 is 32.5 Å². The van der Waals surface area contributed by atoms with Gasteiger partial charge in [-0.2, -0.15) is 13.2 Å². The van der Waals surface area contributed by atoms with Crippen molar-refractivity contribution in [1.29, 1.82) is 0 Å². The van der Waals surface area contributed by atoms with Gasteiger partial charge in [-0.3, -0.25) is 4.72 Å². The van der Waals surface area contributed by atoms with Crippen LogP contribution in [0.1, 0.15) is 0 Å². The number of para-hydroxylation sites is 1. The molecular formula is C8H7ClF3NO2S2. The number of alkyl halides is 4. The topological polar surface area (TPSA) is 46.2 Å². The molecule has 0 radical (unpaired) electrons. The van der Waals surface area contributed by atoms with Gasteiger partial charge in [0, 0.05) is 4.90 Å². The Morgan fingerprint density at radius 2 is 1.88 bits per heavy atom. The van der Waals surface area contributed by atoms with E-state index in [-0.39, 0.29) is 10.6 Å². The summed E-state index contributed by atoms with van der Waals surface area (Å²) >= 11 is 4.76. The highest BCUT2D eigenvalue weighted by Gasteiger charge is 2.30. The molecule has 17 heavy (non-hydrogen) atoms. The van der Waals surface area contributed by atoms with Gasteiger partial charge in [-0.15, -0.1) is 11.6 Å². The molecule has 0 saturated carbocycles. The van der Waals surface area contributed by atoms with Crippen LogP contribution in [-0.2, 0) is 10.0 Å². The molecule has 0 heterocycles. The monoisotopic (exact) mass is 305 g/mol. The number of sulfonamides is 1. The van der Waals surface area contributed by atoms with Gasteiger partial charge in [0.1, 0.15) is 5.21 Å². The fourth-order valence-corrected chi connectivity index (χ4v) is 2.38. The van der Waals surface area contributed by atoms with Crippen molar-refractivity contribution in [2.24, 2.45) is 0 Å². The maximum absolute atomic E-state index is 12.2. The number of halogens is 4. The Hall–Kier alpha value is -0.600. The van der Waals surface area contributed by atoms with Crippen molar-refractivity contribution in [2.75, 3.05) is 9.93 Å². The number of rotatable bonds is 4. The van der Waals surface area contributed by atoms with Crippen LogP contribution in [0.25, 0.3) is 0 Å². The van der Waals surface area contributed by atoms with Crippen LogP contribution < -0.4 is 4.72 Å². The van der Waals surface area contributed by atoms with Crippen LogP contribution in [0.5, 0.6) is 0 Å². The van der Waals surface area contributed by atoms with Crippen molar-refractivity contribution in [3.8, 4) is 0 Å². The van der Waals surface area contributed by atoms with Crippen LogP contribution in [0.2, 0.25) is 0 Å². The van der Waals surface area contributed by atoms with Gasteiger partial charge in [0.15, 0.2) is 0 Å². The van der Waals surface area contributed by atoms with Gasteiger partial charge in [-0.25, -0.2) is 8.42 Å². The molecule has 0 bridgehead atoms. The molecular weight excluding hydrogens is 299 g/mol. The van der Waals surface area contributed by atoms with Crippen molar-refractivity contribution in [2.45, 2.75) is 10.4 Å². The zero-order valence-electron chi connectivity index (χ0n) is 8.16. The molecule has 3 nitrogen and oxygen atoms in total. The van der Waals surface area contributed by atoms with Crippen molar-refractivity contribution >= 4 is 39.1 Å². The van der Waals surface area contributed by atoms with Gasteiger partial charge in [0.05, 0.1) is 5.69 Å². The zero-order chi connectivity index (χ0) is 13.1. The average Bonchev–Trinajstić information content (AvgIpc) is 2.19. The fraction of sp³-hybridized carbons (Fsp3) is 0.250. The lowest BCUT2D eigenvalue weighted by Crippen LogP contribution is -2.14. The Morgan fingerprint density at radius 1 is 1.29 bits per heavy atom. The highest BCUT2D eigenvalue weighted by atomic mass is 35.5. The molecule has 96 valence electrons. The third kappa shape index (κ3) is 5.05. The minimum atomic E-state index is -4.48. The Morgan fingerprint density at radius 3 is 2.41 bits per heavy atom. The molecule has 0 saturated heterocycles. The van der Waals surface area contributed by atoms with E-state index in [1.165, 1.54) is 24.3 Å². The van der Waals surface area contributed by atoms with Gasteiger partial charge in [0.2, 0.25) is 10.0 Å². The maximum atomic E-state index is 12.2. The van der Waals surface area contributed by atoms with Crippen LogP contribution in [0, 0.1) is 0 Å². The van der Waals surface area contributed by atoms with Gasteiger partial charge in [-0.1, -0.05) is 12.1 Å². The molecule has 0 unspecified atom stereocenters. The van der Waals surface area contributed by atoms with E-state index >= 15 is 0 Å². The number of thioether (sulfide) groups is 1. The van der Waals surface area contributed by atoms with Gasteiger partial charge < -0.3 is 0 Å². The van der Waals surface area contributed by atoms with Crippen molar-refractivity contribution in [3.63, 3.8) is 0 Å². The fourth-order valence-electron chi connectivity index (χ4n) is 0.959. The normalized spacial score (nSPS) is 12.5. The second kappa shape index (κ2) is 5.36. The first-order valence-corrected chi connectivity index (χ1v) is 7.15. The number of hydrogen-bond acceptors (Lipinski definition) is 3. The molecule has 0 atom stereocenters. The molecule has 0 fully saturated rings. The molecule has 0 aliphatic rings. The first kappa shape index (κ1) is 14.5. The summed E-state index contributed by atoms with van der Waals surface area (Å²) in [6.07, 6.45) is 0. The minimum Gasteiger partial charge on any atom is -0.281 e. The summed E-state index contributed by atoms with van der Waals surface area (Å²) in [7, 11) is -3.82. The van der Waals surface area contributed by atoms with Gasteiger partial charge in [0.25, 0.3) is 0 Å². The highest BCUT2D eigenvalue weighted by Crippen LogP contribution is 2.40. The lowest BCUT2D eigenvalue weighted by atomic mass is 10.3. The van der Waals surface area contributed by atoms with Crippen molar-refractivity contribution < 1.29 is 21.6 Å². The molecule has 1 aromatic rings. The summed E-state index contributed by atoms with van der Waals surface area (Å²) in [6, 6.07) is 5.21. The summed E-state index contributed by atoms with van der Waals surface area (Å²) in [5.74, 6) is 0. The molecule has 1 rings (SSSR count). The Bertz CT molecular complexity index is 490. The van der Waals surface area contributed by atoms with E-state index in [0.717, 1.165) is 0 Å². The third-order valence-electron chi connectivity index (χ3n) is 1.52. The summed E-state index contributed by atoms with van der Waals surface area (Å²) < 4.78 is 60.9. The van der Waals surface area contributed by atoms with Crippen LogP contribution in [0.15, 0.2) is 29.2 Å². The van der Waals surface area contributed by atoms with E-state index in [1.54, 1.807) is 0 Å². The second-order valence-electron chi connectivity index (χ2n) is 2.87. The maximum Gasteiger partial charge on any atom is 0.446 e. The average molecular weight is 306 g/mol. The number of hydrogen-bond donors (Lipinski definition) is 1. The number of nitrogens with one attached hydrogen (secondary N) is 1. The van der Waals surface area contributed by atoms with Crippen LogP contribution in [-0.4, -0.2) is 19.1 Å². The predicted octanol–water partition coefficient (Wildman–Crippen LogP) is 3.24. The molecule has 0 spiro atoms. The summed E-state index contributed by atoms with van der Waals surface area (Å²) in [6.45, 7) is 0. The van der Waals surface area contributed by atoms with Crippen molar-refractivity contribution in [1.82, 2.24) is 0 Å². The molecule has 0 aliphatic carbocycles. The molecule has 0 aliphatic heterocycles. The lowest BCUT2D eigenvalue weighted by Gasteiger charge is -2.12. The first-order chi connectivity index (χ1) is 7.73. The van der Waals surface area contributed by atoms with Gasteiger partial charge >= 0.3 is 5.51 Å². The Kier molecular flexibility index (Phi) is 4.56. The summed E-state index contributed by atoms with van der Waals surface area (Å²) in [4.78, 5) is -0.228. The zero-order valence-corrected chi connectivity index (χ0v) is 10.6. The molecule has 1 N–H and O–H groups in total. The molecule has 1 aromatic carbocycles. The van der Waals surface area contributed by atoms with Crippen molar-refractivity contribution in [3.05, 3.63) is 24.3 Å². The van der Waals surface area contributed by atoms with E-state index in [0.29, 0.717) is 0 Å². The highest BCUT2D eigenvalue weighted by molar-refractivity contribution is 8.00. The summed E-state index contributed by atoms with van der Waals surface area (Å²) in [5, 5.41) is -0.724.